The SMILES string of the molecule is CC/C=C\C/C=C\C/C=C\C/C=C\C/C=C\CCCC(=O)NCCNP(=O)(OCC)OC[C@H]1OC(n2cc(F)c(=O)[nH]c2=O)C[C@@H]1O. The maximum atomic E-state index is 13.7. The van der Waals surface area contributed by atoms with E-state index in [4.69, 9.17) is 13.8 Å². The molecule has 1 aromatic rings. The molecule has 1 amide bonds. The van der Waals surface area contributed by atoms with Gasteiger partial charge in [0.25, 0.3) is 5.56 Å². The van der Waals surface area contributed by atoms with Crippen LogP contribution in [0.4, 0.5) is 4.39 Å². The van der Waals surface area contributed by atoms with Gasteiger partial charge in [0.2, 0.25) is 11.7 Å². The van der Waals surface area contributed by atoms with Gasteiger partial charge in [-0.2, -0.15) is 4.39 Å². The maximum Gasteiger partial charge on any atom is 0.405 e. The molecule has 1 aromatic heterocycles. The zero-order valence-corrected chi connectivity index (χ0v) is 28.2. The number of rotatable bonds is 23. The lowest BCUT2D eigenvalue weighted by Crippen LogP contribution is -2.34. The summed E-state index contributed by atoms with van der Waals surface area (Å²) in [7, 11) is -3.82. The Morgan fingerprint density at radius 1 is 1.02 bits per heavy atom. The molecule has 1 aliphatic heterocycles. The minimum Gasteiger partial charge on any atom is -0.390 e. The molecule has 0 saturated carbocycles. The number of carbonyl (C=O) groups excluding carboxylic acids is 1. The van der Waals surface area contributed by atoms with Gasteiger partial charge in [-0.3, -0.25) is 28.2 Å². The smallest absolute Gasteiger partial charge is 0.390 e. The fraction of sp³-hybridized carbons (Fsp3) is 0.545. The lowest BCUT2D eigenvalue weighted by Gasteiger charge is -2.22. The van der Waals surface area contributed by atoms with E-state index in [1.54, 1.807) is 6.92 Å². The number of aliphatic hydroxyl groups excluding tert-OH is 1. The van der Waals surface area contributed by atoms with Crippen molar-refractivity contribution in [3.8, 4) is 0 Å². The average Bonchev–Trinajstić information content (AvgIpc) is 3.41. The molecule has 14 heteroatoms. The molecular formula is C33H50FN4O8P. The summed E-state index contributed by atoms with van der Waals surface area (Å²) in [6, 6.07) is 0. The summed E-state index contributed by atoms with van der Waals surface area (Å²) >= 11 is 0. The summed E-state index contributed by atoms with van der Waals surface area (Å²) in [5.74, 6) is -1.31. The Kier molecular flexibility index (Phi) is 19.7. The van der Waals surface area contributed by atoms with Crippen molar-refractivity contribution in [3.63, 3.8) is 0 Å². The molecule has 2 rings (SSSR count). The van der Waals surface area contributed by atoms with Gasteiger partial charge in [0.15, 0.2) is 0 Å². The molecule has 2 heterocycles. The van der Waals surface area contributed by atoms with E-state index in [2.05, 4.69) is 78.1 Å². The summed E-state index contributed by atoms with van der Waals surface area (Å²) in [6.07, 6.45) is 25.5. The number of ether oxygens (including phenoxy) is 1. The first-order chi connectivity index (χ1) is 22.7. The van der Waals surface area contributed by atoms with Crippen LogP contribution in [0, 0.1) is 5.82 Å². The standard InChI is InChI=1S/C33H50FN4O8P/c1-3-5-6-7-8-9-10-11-12-13-14-15-16-17-18-19-20-21-30(40)35-22-23-36-47(43,44-4-2)45-26-29-28(39)24-31(46-29)38-25-27(34)32(41)37-33(38)42/h5-6,8-9,11-12,14-15,17-18,25,28-29,31,39H,3-4,7,10,13,16,19-24,26H2,1-2H3,(H,35,40)(H,36,43)(H,37,41,42)/b6-5-,9-8-,12-11-,15-14-,18-17-/t28-,29+,31?,47?/m0/s1. The van der Waals surface area contributed by atoms with E-state index >= 15 is 0 Å². The zero-order valence-electron chi connectivity index (χ0n) is 27.4. The molecule has 262 valence electrons. The molecule has 2 unspecified atom stereocenters. The molecular weight excluding hydrogens is 630 g/mol. The summed E-state index contributed by atoms with van der Waals surface area (Å²) < 4.78 is 43.9. The Morgan fingerprint density at radius 3 is 2.26 bits per heavy atom. The van der Waals surface area contributed by atoms with Crippen molar-refractivity contribution >= 4 is 13.7 Å². The van der Waals surface area contributed by atoms with Gasteiger partial charge < -0.3 is 15.2 Å². The van der Waals surface area contributed by atoms with Crippen LogP contribution in [-0.4, -0.2) is 59.1 Å². The van der Waals surface area contributed by atoms with E-state index in [0.717, 1.165) is 43.1 Å². The Labute approximate surface area is 276 Å². The highest BCUT2D eigenvalue weighted by Gasteiger charge is 2.38. The van der Waals surface area contributed by atoms with Gasteiger partial charge >= 0.3 is 13.4 Å². The van der Waals surface area contributed by atoms with Crippen molar-refractivity contribution in [2.24, 2.45) is 0 Å². The van der Waals surface area contributed by atoms with Crippen molar-refractivity contribution in [2.75, 3.05) is 26.3 Å². The van der Waals surface area contributed by atoms with Gasteiger partial charge in [-0.15, -0.1) is 0 Å². The third-order valence-electron chi connectivity index (χ3n) is 6.83. The fourth-order valence-electron chi connectivity index (χ4n) is 4.41. The number of allylic oxidation sites excluding steroid dienone is 10. The van der Waals surface area contributed by atoms with Crippen LogP contribution < -0.4 is 21.7 Å². The number of aromatic amines is 1. The van der Waals surface area contributed by atoms with Crippen LogP contribution in [0.15, 0.2) is 76.5 Å². The molecule has 47 heavy (non-hydrogen) atoms. The van der Waals surface area contributed by atoms with Gasteiger partial charge in [-0.25, -0.2) is 14.4 Å². The molecule has 0 radical (unpaired) electrons. The minimum atomic E-state index is -3.82. The quantitative estimate of drug-likeness (QED) is 0.0699. The van der Waals surface area contributed by atoms with Crippen molar-refractivity contribution in [1.29, 1.82) is 0 Å². The first kappa shape index (κ1) is 40.0. The summed E-state index contributed by atoms with van der Waals surface area (Å²) in [6.45, 7) is 3.75. The predicted octanol–water partition coefficient (Wildman–Crippen LogP) is 5.11. The highest BCUT2D eigenvalue weighted by atomic mass is 31.2. The third-order valence-corrected chi connectivity index (χ3v) is 8.53. The van der Waals surface area contributed by atoms with Gasteiger partial charge in [0.05, 0.1) is 25.5 Å². The van der Waals surface area contributed by atoms with Crippen LogP contribution >= 0.6 is 7.75 Å². The lowest BCUT2D eigenvalue weighted by atomic mass is 10.2. The second-order valence-electron chi connectivity index (χ2n) is 10.6. The summed E-state index contributed by atoms with van der Waals surface area (Å²) in [5, 5.41) is 15.8. The second-order valence-corrected chi connectivity index (χ2v) is 12.5. The molecule has 4 atom stereocenters. The van der Waals surface area contributed by atoms with Crippen molar-refractivity contribution in [3.05, 3.63) is 93.6 Å². The minimum absolute atomic E-state index is 0.0647. The molecule has 12 nitrogen and oxygen atoms in total. The van der Waals surface area contributed by atoms with E-state index in [-0.39, 0.29) is 38.6 Å². The molecule has 0 aromatic carbocycles. The fourth-order valence-corrected chi connectivity index (χ4v) is 5.74. The second kappa shape index (κ2) is 23.2. The van der Waals surface area contributed by atoms with Gasteiger partial charge in [-0.05, 0) is 51.9 Å². The highest BCUT2D eigenvalue weighted by molar-refractivity contribution is 7.51. The van der Waals surface area contributed by atoms with Crippen LogP contribution in [0.1, 0.15) is 77.9 Å². The van der Waals surface area contributed by atoms with Gasteiger partial charge in [0.1, 0.15) is 12.3 Å². The number of amides is 1. The van der Waals surface area contributed by atoms with Crippen LogP contribution in [-0.2, 0) is 23.1 Å². The first-order valence-electron chi connectivity index (χ1n) is 16.2. The summed E-state index contributed by atoms with van der Waals surface area (Å²) in [5.41, 5.74) is -2.06. The molecule has 0 aliphatic carbocycles. The van der Waals surface area contributed by atoms with E-state index in [1.165, 1.54) is 0 Å². The Bertz CT molecular complexity index is 1390. The van der Waals surface area contributed by atoms with Gasteiger partial charge in [-0.1, -0.05) is 67.7 Å². The molecule has 4 N–H and O–H groups in total. The normalized spacial score (nSPS) is 20.0. The number of nitrogens with zero attached hydrogens (tertiary/aromatic N) is 1. The number of hydrogen-bond donors (Lipinski definition) is 4. The van der Waals surface area contributed by atoms with E-state index in [9.17, 15) is 28.4 Å². The van der Waals surface area contributed by atoms with E-state index in [0.29, 0.717) is 19.0 Å². The number of unbranched alkanes of at least 4 members (excludes halogenated alkanes) is 1. The van der Waals surface area contributed by atoms with Crippen molar-refractivity contribution < 1.29 is 32.6 Å². The zero-order chi connectivity index (χ0) is 34.3. The van der Waals surface area contributed by atoms with Crippen LogP contribution in [0.2, 0.25) is 0 Å². The van der Waals surface area contributed by atoms with Crippen molar-refractivity contribution in [2.45, 2.75) is 90.1 Å². The Balaban J connectivity index is 1.59. The number of H-pyrrole nitrogens is 1. The van der Waals surface area contributed by atoms with Crippen LogP contribution in [0.25, 0.3) is 0 Å². The monoisotopic (exact) mass is 680 g/mol. The summed E-state index contributed by atoms with van der Waals surface area (Å²) in [4.78, 5) is 37.3. The maximum absolute atomic E-state index is 13.7. The molecule has 0 bridgehead atoms. The number of aromatic nitrogens is 2. The average molecular weight is 681 g/mol. The number of nitrogens with one attached hydrogen (secondary N) is 3. The number of hydrogen-bond acceptors (Lipinski definition) is 8. The third kappa shape index (κ3) is 16.5. The molecule has 1 aliphatic rings. The van der Waals surface area contributed by atoms with Crippen LogP contribution in [0.5, 0.6) is 0 Å². The van der Waals surface area contributed by atoms with Gasteiger partial charge in [0, 0.05) is 25.9 Å². The van der Waals surface area contributed by atoms with Crippen molar-refractivity contribution in [1.82, 2.24) is 20.0 Å². The lowest BCUT2D eigenvalue weighted by molar-refractivity contribution is -0.121. The molecule has 1 fully saturated rings. The van der Waals surface area contributed by atoms with E-state index in [1.807, 2.05) is 4.98 Å². The predicted molar refractivity (Wildman–Crippen MR) is 180 cm³/mol. The first-order valence-corrected chi connectivity index (χ1v) is 17.7. The largest absolute Gasteiger partial charge is 0.405 e. The van der Waals surface area contributed by atoms with Crippen LogP contribution in [0.3, 0.4) is 0 Å². The molecule has 0 spiro atoms. The number of halogens is 1. The Morgan fingerprint density at radius 2 is 1.64 bits per heavy atom. The topological polar surface area (TPSA) is 161 Å². The number of aliphatic hydroxyl groups is 1. The Hall–Kier alpha value is -3.19. The highest BCUT2D eigenvalue weighted by Crippen LogP contribution is 2.44. The molecule has 1 saturated heterocycles. The number of carbonyl (C=O) groups is 1. The van der Waals surface area contributed by atoms with E-state index < -0.39 is 43.2 Å².